The van der Waals surface area contributed by atoms with Gasteiger partial charge in [-0.1, -0.05) is 212 Å². The van der Waals surface area contributed by atoms with Gasteiger partial charge in [-0.15, -0.1) is 0 Å². The van der Waals surface area contributed by atoms with E-state index in [4.69, 9.17) is 4.42 Å². The molecule has 0 spiro atoms. The van der Waals surface area contributed by atoms with E-state index in [1.165, 1.54) is 55.2 Å². The maximum Gasteiger partial charge on any atom is 0.143 e. The van der Waals surface area contributed by atoms with Crippen LogP contribution in [0.5, 0.6) is 0 Å². The molecule has 75 heavy (non-hydrogen) atoms. The average Bonchev–Trinajstić information content (AvgIpc) is 4.05. The van der Waals surface area contributed by atoms with Crippen LogP contribution in [0.15, 0.2) is 296 Å². The number of nitrogens with zero attached hydrogens (tertiary/aromatic N) is 2. The van der Waals surface area contributed by atoms with E-state index in [0.717, 1.165) is 78.1 Å². The Morgan fingerprint density at radius 2 is 0.627 bits per heavy atom. The first kappa shape index (κ1) is 43.8. The molecule has 2 aromatic heterocycles. The van der Waals surface area contributed by atoms with E-state index in [0.29, 0.717) is 0 Å². The van der Waals surface area contributed by atoms with Crippen LogP contribution in [0.2, 0.25) is 0 Å². The molecule has 0 atom stereocenters. The zero-order chi connectivity index (χ0) is 49.7. The molecule has 3 heteroatoms. The lowest BCUT2D eigenvalue weighted by atomic mass is 9.97. The minimum Gasteiger partial charge on any atom is -0.455 e. The van der Waals surface area contributed by atoms with Crippen LogP contribution < -0.4 is 4.90 Å². The zero-order valence-corrected chi connectivity index (χ0v) is 41.0. The lowest BCUT2D eigenvalue weighted by Gasteiger charge is -2.26. The number of hydrogen-bond acceptors (Lipinski definition) is 2. The lowest BCUT2D eigenvalue weighted by molar-refractivity contribution is 0.670. The second-order valence-electron chi connectivity index (χ2n) is 19.3. The Bertz CT molecular complexity index is 4340. The van der Waals surface area contributed by atoms with Crippen molar-refractivity contribution < 1.29 is 4.42 Å². The van der Waals surface area contributed by atoms with E-state index in [-0.39, 0.29) is 0 Å². The SMILES string of the molecule is c1ccc(-c2cccc(-c3ccc(N(c4ccc(-c5cccc(-c6ccccc6-n6c7ccccc7c7ccccc76)c5)cc4)c4ccc(-c5cccc(-c6cccc7c6oc6ccccc67)c5)cc4)cc3)c2)cc1. The normalized spacial score (nSPS) is 11.5. The molecule has 3 nitrogen and oxygen atoms in total. The highest BCUT2D eigenvalue weighted by molar-refractivity contribution is 6.11. The highest BCUT2D eigenvalue weighted by atomic mass is 16.3. The Balaban J connectivity index is 0.814. The van der Waals surface area contributed by atoms with Crippen molar-refractivity contribution in [3.05, 3.63) is 291 Å². The van der Waals surface area contributed by atoms with Gasteiger partial charge in [-0.25, -0.2) is 0 Å². The first-order valence-corrected chi connectivity index (χ1v) is 25.6. The fraction of sp³-hybridized carbons (Fsp3) is 0. The monoisotopic (exact) mass is 956 g/mol. The molecule has 12 aromatic carbocycles. The van der Waals surface area contributed by atoms with E-state index >= 15 is 0 Å². The standard InChI is InChI=1S/C72H48N2O/c1-2-16-49(17-3-1)53-18-12-19-54(46-53)50-34-40-59(41-35-50)73(61-44-38-52(39-45-61)56-21-14-23-58(48-56)63-28-15-29-67-66-27-7-11-33-71(66)75-72(63)67)60-42-36-51(37-43-60)55-20-13-22-57(47-55)62-24-4-8-30-68(62)74-69-31-9-5-25-64(69)65-26-6-10-32-70(65)74/h1-48H. The summed E-state index contributed by atoms with van der Waals surface area (Å²) in [6, 6.07) is 105. The second kappa shape index (κ2) is 18.6. The van der Waals surface area contributed by atoms with Gasteiger partial charge in [0.05, 0.1) is 16.7 Å². The molecule has 0 radical (unpaired) electrons. The molecule has 14 rings (SSSR count). The fourth-order valence-corrected chi connectivity index (χ4v) is 11.2. The summed E-state index contributed by atoms with van der Waals surface area (Å²) in [5.74, 6) is 0. The largest absolute Gasteiger partial charge is 0.455 e. The number of furan rings is 1. The Hall–Kier alpha value is -9.96. The minimum atomic E-state index is 0.903. The summed E-state index contributed by atoms with van der Waals surface area (Å²) in [6.07, 6.45) is 0. The molecule has 0 aliphatic rings. The quantitative estimate of drug-likeness (QED) is 0.136. The average molecular weight is 957 g/mol. The van der Waals surface area contributed by atoms with Crippen molar-refractivity contribution in [2.75, 3.05) is 4.90 Å². The molecular formula is C72H48N2O. The molecule has 0 aliphatic heterocycles. The molecule has 0 fully saturated rings. The van der Waals surface area contributed by atoms with E-state index < -0.39 is 0 Å². The van der Waals surface area contributed by atoms with Crippen molar-refractivity contribution >= 4 is 60.8 Å². The third-order valence-corrected chi connectivity index (χ3v) is 14.8. The summed E-state index contributed by atoms with van der Waals surface area (Å²) in [5, 5.41) is 4.77. The van der Waals surface area contributed by atoms with Crippen molar-refractivity contribution in [1.29, 1.82) is 0 Å². The number of hydrogen-bond donors (Lipinski definition) is 0. The number of para-hydroxylation sites is 5. The van der Waals surface area contributed by atoms with Crippen LogP contribution in [0.3, 0.4) is 0 Å². The van der Waals surface area contributed by atoms with Crippen molar-refractivity contribution in [1.82, 2.24) is 4.57 Å². The Kier molecular flexibility index (Phi) is 10.8. The Morgan fingerprint density at radius 1 is 0.253 bits per heavy atom. The van der Waals surface area contributed by atoms with E-state index in [2.05, 4.69) is 289 Å². The van der Waals surface area contributed by atoms with Gasteiger partial charge in [0.25, 0.3) is 0 Å². The van der Waals surface area contributed by atoms with Crippen LogP contribution in [0, 0.1) is 0 Å². The topological polar surface area (TPSA) is 21.3 Å². The molecule has 0 N–H and O–H groups in total. The summed E-state index contributed by atoms with van der Waals surface area (Å²) >= 11 is 0. The van der Waals surface area contributed by atoms with Crippen LogP contribution in [0.4, 0.5) is 17.1 Å². The highest BCUT2D eigenvalue weighted by Gasteiger charge is 2.18. The summed E-state index contributed by atoms with van der Waals surface area (Å²) in [5.41, 5.74) is 22.5. The molecular weight excluding hydrogens is 909 g/mol. The minimum absolute atomic E-state index is 0.903. The molecule has 14 aromatic rings. The second-order valence-corrected chi connectivity index (χ2v) is 19.3. The number of anilines is 3. The molecule has 0 bridgehead atoms. The van der Waals surface area contributed by atoms with Crippen molar-refractivity contribution in [3.63, 3.8) is 0 Å². The number of aromatic nitrogens is 1. The van der Waals surface area contributed by atoms with Gasteiger partial charge in [0.1, 0.15) is 11.2 Å². The Morgan fingerprint density at radius 3 is 1.19 bits per heavy atom. The lowest BCUT2D eigenvalue weighted by Crippen LogP contribution is -2.09. The summed E-state index contributed by atoms with van der Waals surface area (Å²) in [7, 11) is 0. The first-order valence-electron chi connectivity index (χ1n) is 25.6. The van der Waals surface area contributed by atoms with Gasteiger partial charge in [0, 0.05) is 49.7 Å². The predicted octanol–water partition coefficient (Wildman–Crippen LogP) is 20.2. The molecule has 2 heterocycles. The van der Waals surface area contributed by atoms with Gasteiger partial charge >= 0.3 is 0 Å². The number of fused-ring (bicyclic) bond motifs is 6. The van der Waals surface area contributed by atoms with E-state index in [9.17, 15) is 0 Å². The van der Waals surface area contributed by atoms with Gasteiger partial charge in [0.15, 0.2) is 0 Å². The smallest absolute Gasteiger partial charge is 0.143 e. The van der Waals surface area contributed by atoms with Crippen LogP contribution in [0.25, 0.3) is 116 Å². The van der Waals surface area contributed by atoms with Gasteiger partial charge in [0.2, 0.25) is 0 Å². The van der Waals surface area contributed by atoms with E-state index in [1.807, 2.05) is 12.1 Å². The van der Waals surface area contributed by atoms with Crippen LogP contribution in [-0.4, -0.2) is 4.57 Å². The fourth-order valence-electron chi connectivity index (χ4n) is 11.2. The van der Waals surface area contributed by atoms with Gasteiger partial charge in [-0.2, -0.15) is 0 Å². The summed E-state index contributed by atoms with van der Waals surface area (Å²) < 4.78 is 8.87. The van der Waals surface area contributed by atoms with Crippen LogP contribution >= 0.6 is 0 Å². The van der Waals surface area contributed by atoms with Crippen LogP contribution in [0.1, 0.15) is 0 Å². The third-order valence-electron chi connectivity index (χ3n) is 14.8. The zero-order valence-electron chi connectivity index (χ0n) is 41.0. The third kappa shape index (κ3) is 7.95. The Labute approximate surface area is 436 Å². The maximum absolute atomic E-state index is 6.46. The first-order chi connectivity index (χ1) is 37.2. The predicted molar refractivity (Wildman–Crippen MR) is 315 cm³/mol. The van der Waals surface area contributed by atoms with Gasteiger partial charge < -0.3 is 13.9 Å². The molecule has 352 valence electrons. The molecule has 0 saturated carbocycles. The maximum atomic E-state index is 6.46. The molecule has 0 aliphatic carbocycles. The van der Waals surface area contributed by atoms with Gasteiger partial charge in [-0.05, 0) is 134 Å². The molecule has 0 amide bonds. The molecule has 0 saturated heterocycles. The number of rotatable bonds is 10. The summed E-state index contributed by atoms with van der Waals surface area (Å²) in [4.78, 5) is 2.36. The van der Waals surface area contributed by atoms with Crippen LogP contribution in [-0.2, 0) is 0 Å². The van der Waals surface area contributed by atoms with Crippen molar-refractivity contribution in [2.24, 2.45) is 0 Å². The van der Waals surface area contributed by atoms with Gasteiger partial charge in [-0.3, -0.25) is 0 Å². The summed E-state index contributed by atoms with van der Waals surface area (Å²) in [6.45, 7) is 0. The van der Waals surface area contributed by atoms with Crippen molar-refractivity contribution in [3.8, 4) is 72.4 Å². The van der Waals surface area contributed by atoms with Crippen molar-refractivity contribution in [2.45, 2.75) is 0 Å². The molecule has 0 unspecified atom stereocenters. The number of benzene rings is 12. The highest BCUT2D eigenvalue weighted by Crippen LogP contribution is 2.42. The van der Waals surface area contributed by atoms with E-state index in [1.54, 1.807) is 0 Å².